The number of rotatable bonds is 2. The van der Waals surface area contributed by atoms with Gasteiger partial charge in [0.2, 0.25) is 5.25 Å². The van der Waals surface area contributed by atoms with Gasteiger partial charge < -0.3 is 5.32 Å². The summed E-state index contributed by atoms with van der Waals surface area (Å²) in [4.78, 5) is 10.8. The lowest BCUT2D eigenvalue weighted by Gasteiger charge is -2.22. The van der Waals surface area contributed by atoms with Crippen molar-refractivity contribution < 1.29 is 31.1 Å². The summed E-state index contributed by atoms with van der Waals surface area (Å²) >= 11 is -0.813. The highest BCUT2D eigenvalue weighted by atomic mass is 32.2. The van der Waals surface area contributed by atoms with Crippen LogP contribution in [0.3, 0.4) is 0 Å². The van der Waals surface area contributed by atoms with Gasteiger partial charge in [-0.1, -0.05) is 0 Å². The molecule has 1 amide bonds. The van der Waals surface area contributed by atoms with E-state index in [4.69, 9.17) is 0 Å². The second-order valence-electron chi connectivity index (χ2n) is 3.17. The van der Waals surface area contributed by atoms with Crippen molar-refractivity contribution in [3.8, 4) is 0 Å². The van der Waals surface area contributed by atoms with Crippen molar-refractivity contribution in [3.05, 3.63) is 0 Å². The van der Waals surface area contributed by atoms with Crippen LogP contribution >= 0.6 is 11.8 Å². The predicted octanol–water partition coefficient (Wildman–Crippen LogP) is 3.33. The third kappa shape index (κ3) is 5.47. The second kappa shape index (κ2) is 5.15. The smallest absolute Gasteiger partial charge is 0.345 e. The van der Waals surface area contributed by atoms with Gasteiger partial charge in [0.05, 0.1) is 0 Å². The van der Waals surface area contributed by atoms with Crippen molar-refractivity contribution in [1.29, 1.82) is 0 Å². The van der Waals surface area contributed by atoms with Crippen molar-refractivity contribution in [2.24, 2.45) is 0 Å². The molecule has 0 saturated heterocycles. The Labute approximate surface area is 91.8 Å². The minimum Gasteiger partial charge on any atom is -0.345 e. The van der Waals surface area contributed by atoms with Gasteiger partial charge in [-0.3, -0.25) is 4.79 Å². The molecule has 0 radical (unpaired) electrons. The predicted molar refractivity (Wildman–Crippen MR) is 47.2 cm³/mol. The number of thioether (sulfide) groups is 1. The van der Waals surface area contributed by atoms with Gasteiger partial charge in [-0.15, -0.1) is 0 Å². The number of hydrogen-bond acceptors (Lipinski definition) is 2. The molecule has 0 aliphatic rings. The van der Waals surface area contributed by atoms with Gasteiger partial charge >= 0.3 is 12.4 Å². The van der Waals surface area contributed by atoms with Gasteiger partial charge in [0.1, 0.15) is 0 Å². The first kappa shape index (κ1) is 15.4. The number of carbonyl (C=O) groups excluding carboxylic acids is 1. The molecule has 0 aromatic carbocycles. The van der Waals surface area contributed by atoms with E-state index in [9.17, 15) is 31.1 Å². The van der Waals surface area contributed by atoms with E-state index in [1.165, 1.54) is 13.8 Å². The molecule has 0 aliphatic heterocycles. The Bertz CT molecular complexity index is 234. The molecule has 2 nitrogen and oxygen atoms in total. The fraction of sp³-hybridized carbons (Fsp3) is 0.857. The highest BCUT2D eigenvalue weighted by Gasteiger charge is 2.58. The van der Waals surface area contributed by atoms with E-state index < -0.39 is 40.6 Å². The first-order valence-electron chi connectivity index (χ1n) is 4.05. The third-order valence-electron chi connectivity index (χ3n) is 1.23. The normalized spacial score (nSPS) is 13.4. The highest BCUT2D eigenvalue weighted by molar-refractivity contribution is 8.14. The Morgan fingerprint density at radius 3 is 1.69 bits per heavy atom. The summed E-state index contributed by atoms with van der Waals surface area (Å²) in [5.74, 6) is 0. The van der Waals surface area contributed by atoms with E-state index in [1.807, 2.05) is 5.32 Å². The molecule has 0 saturated carbocycles. The van der Waals surface area contributed by atoms with Gasteiger partial charge in [-0.25, -0.2) is 0 Å². The Morgan fingerprint density at radius 1 is 1.06 bits per heavy atom. The zero-order chi connectivity index (χ0) is 13.1. The monoisotopic (exact) mass is 269 g/mol. The van der Waals surface area contributed by atoms with E-state index >= 15 is 0 Å². The summed E-state index contributed by atoms with van der Waals surface area (Å²) in [7, 11) is 0. The lowest BCUT2D eigenvalue weighted by atomic mass is 10.4. The SMILES string of the molecule is CC(C)NC(=O)SC(C(F)(F)F)C(F)(F)F. The maximum absolute atomic E-state index is 12.0. The van der Waals surface area contributed by atoms with Crippen LogP contribution in [-0.4, -0.2) is 28.9 Å². The summed E-state index contributed by atoms with van der Waals surface area (Å²) in [6.45, 7) is 2.85. The minimum absolute atomic E-state index is 0.526. The van der Waals surface area contributed by atoms with Crippen molar-refractivity contribution in [2.75, 3.05) is 0 Å². The Morgan fingerprint density at radius 2 is 1.44 bits per heavy atom. The lowest BCUT2D eigenvalue weighted by Crippen LogP contribution is -2.42. The number of halogens is 6. The van der Waals surface area contributed by atoms with Crippen LogP contribution in [0.5, 0.6) is 0 Å². The molecule has 96 valence electrons. The van der Waals surface area contributed by atoms with E-state index in [0.29, 0.717) is 0 Å². The van der Waals surface area contributed by atoms with E-state index in [0.717, 1.165) is 0 Å². The maximum atomic E-state index is 12.0. The second-order valence-corrected chi connectivity index (χ2v) is 4.25. The molecule has 0 heterocycles. The summed E-state index contributed by atoms with van der Waals surface area (Å²) in [6.07, 6.45) is -11.0. The topological polar surface area (TPSA) is 29.1 Å². The number of nitrogens with one attached hydrogen (secondary N) is 1. The minimum atomic E-state index is -5.50. The third-order valence-corrected chi connectivity index (χ3v) is 2.33. The van der Waals surface area contributed by atoms with Gasteiger partial charge in [0.15, 0.2) is 0 Å². The molecule has 0 aromatic heterocycles. The Kier molecular flexibility index (Phi) is 4.96. The van der Waals surface area contributed by atoms with Crippen molar-refractivity contribution in [1.82, 2.24) is 5.32 Å². The van der Waals surface area contributed by atoms with Crippen LogP contribution in [-0.2, 0) is 0 Å². The first-order valence-corrected chi connectivity index (χ1v) is 4.93. The molecule has 0 bridgehead atoms. The molecule has 16 heavy (non-hydrogen) atoms. The summed E-state index contributed by atoms with van der Waals surface area (Å²) < 4.78 is 72.0. The van der Waals surface area contributed by atoms with Crippen molar-refractivity contribution >= 4 is 17.0 Å². The van der Waals surface area contributed by atoms with Gasteiger partial charge in [-0.05, 0) is 25.6 Å². The number of alkyl halides is 6. The average molecular weight is 269 g/mol. The zero-order valence-corrected chi connectivity index (χ0v) is 9.06. The molecule has 0 spiro atoms. The van der Waals surface area contributed by atoms with E-state index in [1.54, 1.807) is 0 Å². The van der Waals surface area contributed by atoms with Crippen LogP contribution in [0.1, 0.15) is 13.8 Å². The molecule has 0 aliphatic carbocycles. The van der Waals surface area contributed by atoms with Gasteiger partial charge in [0.25, 0.3) is 5.24 Å². The summed E-state index contributed by atoms with van der Waals surface area (Å²) in [5.41, 5.74) is 0. The largest absolute Gasteiger partial charge is 0.409 e. The number of hydrogen-bond donors (Lipinski definition) is 1. The van der Waals surface area contributed by atoms with Crippen LogP contribution in [0, 0.1) is 0 Å². The Hall–Kier alpha value is -0.600. The van der Waals surface area contributed by atoms with E-state index in [-0.39, 0.29) is 0 Å². The lowest BCUT2D eigenvalue weighted by molar-refractivity contribution is -0.223. The van der Waals surface area contributed by atoms with E-state index in [2.05, 4.69) is 0 Å². The number of amides is 1. The van der Waals surface area contributed by atoms with Crippen LogP contribution in [0.15, 0.2) is 0 Å². The molecule has 0 fully saturated rings. The quantitative estimate of drug-likeness (QED) is 0.779. The van der Waals surface area contributed by atoms with Crippen LogP contribution in [0.4, 0.5) is 31.1 Å². The molecular formula is C7H9F6NOS. The fourth-order valence-electron chi connectivity index (χ4n) is 0.696. The molecule has 9 heteroatoms. The summed E-state index contributed by atoms with van der Waals surface area (Å²) in [5, 5.41) is -3.11. The molecule has 0 aromatic rings. The van der Waals surface area contributed by atoms with Crippen LogP contribution < -0.4 is 5.32 Å². The summed E-state index contributed by atoms with van der Waals surface area (Å²) in [6, 6.07) is -0.526. The van der Waals surface area contributed by atoms with Crippen molar-refractivity contribution in [3.63, 3.8) is 0 Å². The molecule has 0 atom stereocenters. The zero-order valence-electron chi connectivity index (χ0n) is 8.24. The molecule has 0 unspecified atom stereocenters. The molecule has 1 N–H and O–H groups in total. The molecule has 0 rings (SSSR count). The fourth-order valence-corrected chi connectivity index (χ4v) is 1.48. The van der Waals surface area contributed by atoms with Crippen LogP contribution in [0.25, 0.3) is 0 Å². The van der Waals surface area contributed by atoms with Crippen LogP contribution in [0.2, 0.25) is 0 Å². The maximum Gasteiger partial charge on any atom is 0.409 e. The Balaban J connectivity index is 4.65. The molecular weight excluding hydrogens is 260 g/mol. The highest BCUT2D eigenvalue weighted by Crippen LogP contribution is 2.41. The first-order chi connectivity index (χ1) is 6.94. The van der Waals surface area contributed by atoms with Crippen molar-refractivity contribution in [2.45, 2.75) is 37.5 Å². The average Bonchev–Trinajstić information content (AvgIpc) is 1.94. The van der Waals surface area contributed by atoms with Gasteiger partial charge in [-0.2, -0.15) is 26.3 Å². The number of carbonyl (C=O) groups is 1. The standard InChI is InChI=1S/C7H9F6NOS/c1-3(2)14-5(15)16-4(6(8,9)10)7(11,12)13/h3-4H,1-2H3,(H,14,15). The van der Waals surface area contributed by atoms with Gasteiger partial charge in [0, 0.05) is 6.04 Å².